The van der Waals surface area contributed by atoms with E-state index in [4.69, 9.17) is 4.74 Å². The number of benzene rings is 1. The number of hydrogen-bond donors (Lipinski definition) is 1. The van der Waals surface area contributed by atoms with Gasteiger partial charge in [0.25, 0.3) is 0 Å². The molecule has 2 aliphatic carbocycles. The summed E-state index contributed by atoms with van der Waals surface area (Å²) in [5, 5.41) is 3.71. The summed E-state index contributed by atoms with van der Waals surface area (Å²) < 4.78 is 7.01. The van der Waals surface area contributed by atoms with Crippen LogP contribution in [0.25, 0.3) is 0 Å². The number of halogens is 1. The molecule has 110 valence electrons. The summed E-state index contributed by atoms with van der Waals surface area (Å²) in [6, 6.07) is 8.93. The first-order chi connectivity index (χ1) is 9.66. The van der Waals surface area contributed by atoms with Gasteiger partial charge in [0.1, 0.15) is 5.75 Å². The van der Waals surface area contributed by atoms with E-state index < -0.39 is 0 Å². The Morgan fingerprint density at radius 1 is 1.20 bits per heavy atom. The fraction of sp³-hybridized carbons (Fsp3) is 0.647. The second kappa shape index (κ2) is 6.07. The van der Waals surface area contributed by atoms with Crippen LogP contribution >= 0.6 is 15.9 Å². The molecule has 2 saturated carbocycles. The van der Waals surface area contributed by atoms with Crippen LogP contribution in [-0.4, -0.2) is 19.2 Å². The molecule has 1 aromatic rings. The van der Waals surface area contributed by atoms with E-state index in [1.165, 1.54) is 25.7 Å². The Balaban J connectivity index is 1.47. The Morgan fingerprint density at radius 2 is 1.90 bits per heavy atom. The van der Waals surface area contributed by atoms with Crippen LogP contribution < -0.4 is 10.1 Å². The Hall–Kier alpha value is -0.540. The van der Waals surface area contributed by atoms with Gasteiger partial charge < -0.3 is 10.1 Å². The average Bonchev–Trinajstić information content (AvgIpc) is 3.30. The lowest BCUT2D eigenvalue weighted by Gasteiger charge is -2.30. The Labute approximate surface area is 130 Å². The topological polar surface area (TPSA) is 21.3 Å². The van der Waals surface area contributed by atoms with E-state index in [0.29, 0.717) is 5.41 Å². The van der Waals surface area contributed by atoms with Crippen molar-refractivity contribution in [2.24, 2.45) is 11.3 Å². The van der Waals surface area contributed by atoms with Gasteiger partial charge in [-0.3, -0.25) is 0 Å². The van der Waals surface area contributed by atoms with Gasteiger partial charge in [0.2, 0.25) is 0 Å². The van der Waals surface area contributed by atoms with Gasteiger partial charge in [-0.2, -0.15) is 0 Å². The normalized spacial score (nSPS) is 21.5. The average molecular weight is 338 g/mol. The van der Waals surface area contributed by atoms with Crippen molar-refractivity contribution >= 4 is 15.9 Å². The van der Waals surface area contributed by atoms with Gasteiger partial charge in [-0.1, -0.05) is 22.9 Å². The first-order valence-corrected chi connectivity index (χ1v) is 8.57. The molecule has 0 bridgehead atoms. The molecule has 0 aromatic heterocycles. The highest BCUT2D eigenvalue weighted by Gasteiger charge is 2.41. The van der Waals surface area contributed by atoms with E-state index in [1.54, 1.807) is 0 Å². The maximum atomic E-state index is 5.91. The van der Waals surface area contributed by atoms with Gasteiger partial charge in [0.05, 0.1) is 6.61 Å². The molecule has 2 fully saturated rings. The van der Waals surface area contributed by atoms with E-state index >= 15 is 0 Å². The molecule has 1 atom stereocenters. The van der Waals surface area contributed by atoms with Crippen molar-refractivity contribution < 1.29 is 4.74 Å². The van der Waals surface area contributed by atoms with E-state index in [9.17, 15) is 0 Å². The molecule has 2 nitrogen and oxygen atoms in total. The Bertz CT molecular complexity index is 439. The summed E-state index contributed by atoms with van der Waals surface area (Å²) in [5.41, 5.74) is 0.415. The van der Waals surface area contributed by atoms with Gasteiger partial charge in [-0.25, -0.2) is 0 Å². The van der Waals surface area contributed by atoms with Crippen LogP contribution in [0.5, 0.6) is 5.75 Å². The van der Waals surface area contributed by atoms with Crippen LogP contribution in [0, 0.1) is 11.3 Å². The lowest BCUT2D eigenvalue weighted by Crippen LogP contribution is -2.36. The minimum absolute atomic E-state index is 0.415. The number of ether oxygens (including phenoxy) is 1. The zero-order chi connectivity index (χ0) is 14.0. The molecular formula is C17H24BrNO. The number of rotatable bonds is 8. The van der Waals surface area contributed by atoms with Crippen LogP contribution in [-0.2, 0) is 0 Å². The molecule has 0 radical (unpaired) electrons. The van der Waals surface area contributed by atoms with Crippen molar-refractivity contribution in [3.8, 4) is 5.75 Å². The predicted molar refractivity (Wildman–Crippen MR) is 86.1 cm³/mol. The van der Waals surface area contributed by atoms with Crippen molar-refractivity contribution in [1.82, 2.24) is 5.32 Å². The van der Waals surface area contributed by atoms with Crippen LogP contribution in [0.15, 0.2) is 28.7 Å². The molecule has 3 heteroatoms. The van der Waals surface area contributed by atoms with E-state index in [-0.39, 0.29) is 0 Å². The first-order valence-electron chi connectivity index (χ1n) is 7.77. The minimum atomic E-state index is 0.415. The highest BCUT2D eigenvalue weighted by Crippen LogP contribution is 2.47. The third-order valence-corrected chi connectivity index (χ3v) is 5.22. The standard InChI is InChI=1S/C17H24BrNO/c1-17(13-2-3-13,12-19-15-6-7-15)10-11-20-16-8-4-14(18)5-9-16/h4-5,8-9,13,15,19H,2-3,6-7,10-12H2,1H3. The maximum Gasteiger partial charge on any atom is 0.119 e. The first kappa shape index (κ1) is 14.4. The Kier molecular flexibility index (Phi) is 4.37. The molecule has 20 heavy (non-hydrogen) atoms. The molecule has 3 rings (SSSR count). The lowest BCUT2D eigenvalue weighted by atomic mass is 9.81. The molecule has 0 aliphatic heterocycles. The second-order valence-electron chi connectivity index (χ2n) is 6.64. The van der Waals surface area contributed by atoms with Crippen LogP contribution in [0.4, 0.5) is 0 Å². The molecule has 1 N–H and O–H groups in total. The quantitative estimate of drug-likeness (QED) is 0.759. The highest BCUT2D eigenvalue weighted by molar-refractivity contribution is 9.10. The minimum Gasteiger partial charge on any atom is -0.494 e. The van der Waals surface area contributed by atoms with Gasteiger partial charge >= 0.3 is 0 Å². The summed E-state index contributed by atoms with van der Waals surface area (Å²) in [6.45, 7) is 4.41. The van der Waals surface area contributed by atoms with Crippen molar-refractivity contribution in [2.75, 3.05) is 13.2 Å². The second-order valence-corrected chi connectivity index (χ2v) is 7.55. The van der Waals surface area contributed by atoms with Crippen LogP contribution in [0.2, 0.25) is 0 Å². The molecule has 0 amide bonds. The highest BCUT2D eigenvalue weighted by atomic mass is 79.9. The SMILES string of the molecule is CC(CCOc1ccc(Br)cc1)(CNC1CC1)C1CC1. The summed E-state index contributed by atoms with van der Waals surface area (Å²) in [4.78, 5) is 0. The molecule has 0 spiro atoms. The maximum absolute atomic E-state index is 5.91. The molecule has 1 unspecified atom stereocenters. The summed E-state index contributed by atoms with van der Waals surface area (Å²) in [5.74, 6) is 1.88. The smallest absolute Gasteiger partial charge is 0.119 e. The van der Waals surface area contributed by atoms with Crippen molar-refractivity contribution in [3.05, 3.63) is 28.7 Å². The summed E-state index contributed by atoms with van der Waals surface area (Å²) in [6.07, 6.45) is 6.70. The van der Waals surface area contributed by atoms with Crippen LogP contribution in [0.1, 0.15) is 39.0 Å². The van der Waals surface area contributed by atoms with Crippen molar-refractivity contribution in [2.45, 2.75) is 45.1 Å². The molecule has 2 aliphatic rings. The molecule has 0 heterocycles. The Morgan fingerprint density at radius 3 is 2.50 bits per heavy atom. The van der Waals surface area contributed by atoms with Gasteiger partial charge in [-0.15, -0.1) is 0 Å². The molecule has 0 saturated heterocycles. The van der Waals surface area contributed by atoms with Gasteiger partial charge in [-0.05, 0) is 67.7 Å². The van der Waals surface area contributed by atoms with E-state index in [0.717, 1.165) is 41.8 Å². The molecular weight excluding hydrogens is 314 g/mol. The summed E-state index contributed by atoms with van der Waals surface area (Å²) >= 11 is 3.45. The largest absolute Gasteiger partial charge is 0.494 e. The van der Waals surface area contributed by atoms with Gasteiger partial charge in [0, 0.05) is 17.1 Å². The number of nitrogens with one attached hydrogen (secondary N) is 1. The number of hydrogen-bond acceptors (Lipinski definition) is 2. The third kappa shape index (κ3) is 3.98. The van der Waals surface area contributed by atoms with E-state index in [1.807, 2.05) is 24.3 Å². The fourth-order valence-corrected chi connectivity index (χ4v) is 3.08. The van der Waals surface area contributed by atoms with E-state index in [2.05, 4.69) is 28.2 Å². The van der Waals surface area contributed by atoms with Crippen molar-refractivity contribution in [1.29, 1.82) is 0 Å². The lowest BCUT2D eigenvalue weighted by molar-refractivity contribution is 0.179. The zero-order valence-corrected chi connectivity index (χ0v) is 13.8. The summed E-state index contributed by atoms with van der Waals surface area (Å²) in [7, 11) is 0. The van der Waals surface area contributed by atoms with Crippen LogP contribution in [0.3, 0.4) is 0 Å². The van der Waals surface area contributed by atoms with Gasteiger partial charge in [0.15, 0.2) is 0 Å². The third-order valence-electron chi connectivity index (χ3n) is 4.69. The molecule has 1 aromatic carbocycles. The fourth-order valence-electron chi connectivity index (χ4n) is 2.81. The predicted octanol–water partition coefficient (Wildman–Crippen LogP) is 4.39. The monoisotopic (exact) mass is 337 g/mol. The van der Waals surface area contributed by atoms with Crippen molar-refractivity contribution in [3.63, 3.8) is 0 Å². The zero-order valence-electron chi connectivity index (χ0n) is 12.2.